The molecule has 0 unspecified atom stereocenters. The number of hydrogen-bond acceptors (Lipinski definition) is 6. The Labute approximate surface area is 236 Å². The Balaban J connectivity index is 1.15. The molecule has 8 heteroatoms. The van der Waals surface area contributed by atoms with Gasteiger partial charge in [0.25, 0.3) is 5.91 Å². The third-order valence-corrected chi connectivity index (χ3v) is 7.52. The monoisotopic (exact) mass is 542 g/mol. The van der Waals surface area contributed by atoms with Gasteiger partial charge in [0.2, 0.25) is 5.91 Å². The van der Waals surface area contributed by atoms with Crippen LogP contribution >= 0.6 is 0 Å². The van der Waals surface area contributed by atoms with Crippen molar-refractivity contribution >= 4 is 23.2 Å². The van der Waals surface area contributed by atoms with E-state index in [0.29, 0.717) is 43.1 Å². The number of nitrogens with zero attached hydrogens (tertiary/aromatic N) is 2. The van der Waals surface area contributed by atoms with Gasteiger partial charge in [-0.05, 0) is 80.4 Å². The van der Waals surface area contributed by atoms with E-state index in [4.69, 9.17) is 9.47 Å². The molecule has 2 fully saturated rings. The Morgan fingerprint density at radius 3 is 2.42 bits per heavy atom. The summed E-state index contributed by atoms with van der Waals surface area (Å²) in [5.41, 5.74) is 4.40. The topological polar surface area (TPSA) is 83.1 Å². The van der Waals surface area contributed by atoms with E-state index in [2.05, 4.69) is 33.7 Å². The molecular weight excluding hydrogens is 504 g/mol. The average molecular weight is 543 g/mol. The van der Waals surface area contributed by atoms with Crippen LogP contribution in [0, 0.1) is 0 Å². The summed E-state index contributed by atoms with van der Waals surface area (Å²) in [6.07, 6.45) is 4.08. The summed E-state index contributed by atoms with van der Waals surface area (Å²) in [5, 5.41) is 6.48. The van der Waals surface area contributed by atoms with Crippen LogP contribution in [0.15, 0.2) is 66.7 Å². The zero-order chi connectivity index (χ0) is 27.7. The highest BCUT2D eigenvalue weighted by Gasteiger charge is 2.19. The fourth-order valence-corrected chi connectivity index (χ4v) is 5.27. The van der Waals surface area contributed by atoms with E-state index in [0.717, 1.165) is 49.6 Å². The molecule has 2 N–H and O–H groups in total. The molecule has 0 radical (unpaired) electrons. The van der Waals surface area contributed by atoms with Crippen molar-refractivity contribution in [3.63, 3.8) is 0 Å². The lowest BCUT2D eigenvalue weighted by molar-refractivity contribution is -0.128. The molecule has 8 nitrogen and oxygen atoms in total. The minimum atomic E-state index is -0.198. The third kappa shape index (κ3) is 7.12. The number of ether oxygens (including phenoxy) is 2. The van der Waals surface area contributed by atoms with Gasteiger partial charge in [0.1, 0.15) is 18.1 Å². The zero-order valence-corrected chi connectivity index (χ0v) is 23.2. The van der Waals surface area contributed by atoms with E-state index >= 15 is 0 Å². The number of benzene rings is 3. The number of hydrogen-bond donors (Lipinski definition) is 2. The van der Waals surface area contributed by atoms with E-state index in [-0.39, 0.29) is 11.8 Å². The first-order valence-corrected chi connectivity index (χ1v) is 14.1. The van der Waals surface area contributed by atoms with E-state index in [1.54, 1.807) is 31.4 Å². The maximum Gasteiger partial charge on any atom is 0.255 e. The average Bonchev–Trinajstić information content (AvgIpc) is 3.65. The van der Waals surface area contributed by atoms with Crippen LogP contribution in [0.3, 0.4) is 0 Å². The maximum absolute atomic E-state index is 13.0. The van der Waals surface area contributed by atoms with Crippen LogP contribution in [0.1, 0.15) is 47.2 Å². The molecule has 0 spiro atoms. The maximum atomic E-state index is 13.0. The fraction of sp³-hybridized carbons (Fsp3) is 0.375. The summed E-state index contributed by atoms with van der Waals surface area (Å²) >= 11 is 0. The van der Waals surface area contributed by atoms with E-state index in [1.807, 2.05) is 29.2 Å². The summed E-state index contributed by atoms with van der Waals surface area (Å²) in [6.45, 7) is 5.63. The molecular formula is C32H38N4O4. The Kier molecular flexibility index (Phi) is 9.18. The first-order chi connectivity index (χ1) is 19.6. The summed E-state index contributed by atoms with van der Waals surface area (Å²) in [5.74, 6) is 1.57. The largest absolute Gasteiger partial charge is 0.496 e. The Morgan fingerprint density at radius 1 is 0.925 bits per heavy atom. The van der Waals surface area contributed by atoms with Crippen LogP contribution in [0.25, 0.3) is 0 Å². The van der Waals surface area contributed by atoms with E-state index in [1.165, 1.54) is 18.4 Å². The SMILES string of the molecule is COc1cc(CNc2ccccc2NC(=O)c2ccc(OCCN3CCCC3=O)cc2)ccc1CN1CCCC1. The summed E-state index contributed by atoms with van der Waals surface area (Å²) < 4.78 is 11.5. The van der Waals surface area contributed by atoms with E-state index < -0.39 is 0 Å². The molecule has 0 saturated carbocycles. The second-order valence-electron chi connectivity index (χ2n) is 10.3. The number of methoxy groups -OCH3 is 1. The van der Waals surface area contributed by atoms with Gasteiger partial charge >= 0.3 is 0 Å². The van der Waals surface area contributed by atoms with Crippen LogP contribution < -0.4 is 20.1 Å². The van der Waals surface area contributed by atoms with Gasteiger partial charge in [-0.3, -0.25) is 14.5 Å². The van der Waals surface area contributed by atoms with Crippen molar-refractivity contribution in [3.8, 4) is 11.5 Å². The van der Waals surface area contributed by atoms with Gasteiger partial charge in [-0.25, -0.2) is 0 Å². The quantitative estimate of drug-likeness (QED) is 0.329. The Morgan fingerprint density at radius 2 is 1.70 bits per heavy atom. The standard InChI is InChI=1S/C32H38N4O4/c1-39-30-21-24(10-11-26(30)23-35-16-4-5-17-35)22-33-28-7-2-3-8-29(28)34-32(38)25-12-14-27(15-13-25)40-20-19-36-18-6-9-31(36)37/h2-3,7-8,10-15,21,33H,4-6,9,16-20,22-23H2,1H3,(H,34,38). The number of anilines is 2. The van der Waals surface area contributed by atoms with Gasteiger partial charge in [-0.2, -0.15) is 0 Å². The number of nitrogens with one attached hydrogen (secondary N) is 2. The highest BCUT2D eigenvalue weighted by molar-refractivity contribution is 6.05. The van der Waals surface area contributed by atoms with Crippen LogP contribution in [0.5, 0.6) is 11.5 Å². The van der Waals surface area contributed by atoms with Crippen molar-refractivity contribution in [2.24, 2.45) is 0 Å². The summed E-state index contributed by atoms with van der Waals surface area (Å²) in [7, 11) is 1.72. The Bertz CT molecular complexity index is 1300. The predicted molar refractivity (Wildman–Crippen MR) is 157 cm³/mol. The highest BCUT2D eigenvalue weighted by Crippen LogP contribution is 2.26. The van der Waals surface area contributed by atoms with Gasteiger partial charge in [0.05, 0.1) is 25.0 Å². The first kappa shape index (κ1) is 27.5. The molecule has 0 bridgehead atoms. The molecule has 0 aliphatic carbocycles. The molecule has 3 aromatic carbocycles. The summed E-state index contributed by atoms with van der Waals surface area (Å²) in [6, 6.07) is 21.1. The molecule has 5 rings (SSSR count). The number of carbonyl (C=O) groups excluding carboxylic acids is 2. The first-order valence-electron chi connectivity index (χ1n) is 14.1. The third-order valence-electron chi connectivity index (χ3n) is 7.52. The molecule has 2 saturated heterocycles. The minimum absolute atomic E-state index is 0.191. The Hall–Kier alpha value is -4.04. The predicted octanol–water partition coefficient (Wildman–Crippen LogP) is 5.16. The van der Waals surface area contributed by atoms with Crippen molar-refractivity contribution in [2.45, 2.75) is 38.8 Å². The lowest BCUT2D eigenvalue weighted by Gasteiger charge is -2.18. The van der Waals surface area contributed by atoms with Crippen molar-refractivity contribution in [3.05, 3.63) is 83.4 Å². The molecule has 2 heterocycles. The molecule has 2 aliphatic heterocycles. The smallest absolute Gasteiger partial charge is 0.255 e. The van der Waals surface area contributed by atoms with Crippen molar-refractivity contribution in [1.29, 1.82) is 0 Å². The van der Waals surface area contributed by atoms with Gasteiger partial charge in [0.15, 0.2) is 0 Å². The number of rotatable bonds is 12. The lowest BCUT2D eigenvalue weighted by atomic mass is 10.1. The fourth-order valence-electron chi connectivity index (χ4n) is 5.27. The number of carbonyl (C=O) groups is 2. The summed E-state index contributed by atoms with van der Waals surface area (Å²) in [4.78, 5) is 29.0. The van der Waals surface area contributed by atoms with Gasteiger partial charge in [-0.1, -0.05) is 24.3 Å². The van der Waals surface area contributed by atoms with Crippen molar-refractivity contribution in [1.82, 2.24) is 9.80 Å². The van der Waals surface area contributed by atoms with E-state index in [9.17, 15) is 9.59 Å². The second-order valence-corrected chi connectivity index (χ2v) is 10.3. The number of para-hydroxylation sites is 2. The van der Waals surface area contributed by atoms with Crippen molar-refractivity contribution in [2.75, 3.05) is 50.5 Å². The van der Waals surface area contributed by atoms with Gasteiger partial charge in [0, 0.05) is 37.2 Å². The minimum Gasteiger partial charge on any atom is -0.496 e. The molecule has 2 aliphatic rings. The molecule has 210 valence electrons. The van der Waals surface area contributed by atoms with Crippen molar-refractivity contribution < 1.29 is 19.1 Å². The molecule has 0 aromatic heterocycles. The molecule has 40 heavy (non-hydrogen) atoms. The van der Waals surface area contributed by atoms with Crippen LogP contribution in [0.4, 0.5) is 11.4 Å². The molecule has 3 aromatic rings. The van der Waals surface area contributed by atoms with Gasteiger partial charge < -0.3 is 25.0 Å². The van der Waals surface area contributed by atoms with Crippen LogP contribution in [-0.2, 0) is 17.9 Å². The molecule has 0 atom stereocenters. The normalized spacial score (nSPS) is 15.3. The zero-order valence-electron chi connectivity index (χ0n) is 23.2. The highest BCUT2D eigenvalue weighted by atomic mass is 16.5. The number of likely N-dealkylation sites (tertiary alicyclic amines) is 2. The van der Waals surface area contributed by atoms with Crippen LogP contribution in [0.2, 0.25) is 0 Å². The number of amides is 2. The molecule has 2 amide bonds. The second kappa shape index (κ2) is 13.3. The lowest BCUT2D eigenvalue weighted by Crippen LogP contribution is -2.29. The van der Waals surface area contributed by atoms with Crippen LogP contribution in [-0.4, -0.2) is 61.5 Å². The van der Waals surface area contributed by atoms with Gasteiger partial charge in [-0.15, -0.1) is 0 Å².